The number of nitrogens with one attached hydrogen (secondary N) is 1. The molecular weight excluding hydrogens is 278 g/mol. The Bertz CT molecular complexity index is 474. The van der Waals surface area contributed by atoms with Crippen LogP contribution in [0.15, 0.2) is 23.6 Å². The van der Waals surface area contributed by atoms with Gasteiger partial charge >= 0.3 is 12.1 Å². The minimum absolute atomic E-state index is 0.201. The number of carboxylic acids is 1. The van der Waals surface area contributed by atoms with Crippen LogP contribution in [0.5, 0.6) is 0 Å². The van der Waals surface area contributed by atoms with E-state index in [2.05, 4.69) is 5.32 Å². The Morgan fingerprint density at radius 1 is 1.50 bits per heavy atom. The van der Waals surface area contributed by atoms with Crippen LogP contribution in [0.3, 0.4) is 0 Å². The van der Waals surface area contributed by atoms with Crippen LogP contribution >= 0.6 is 11.3 Å². The quantitative estimate of drug-likeness (QED) is 0.875. The van der Waals surface area contributed by atoms with E-state index in [4.69, 9.17) is 9.84 Å². The summed E-state index contributed by atoms with van der Waals surface area (Å²) in [6.07, 6.45) is 3.03. The van der Waals surface area contributed by atoms with Gasteiger partial charge in [-0.25, -0.2) is 9.59 Å². The highest BCUT2D eigenvalue weighted by Gasteiger charge is 2.22. The largest absolute Gasteiger partial charge is 0.480 e. The lowest BCUT2D eigenvalue weighted by Gasteiger charge is -2.21. The van der Waals surface area contributed by atoms with Gasteiger partial charge in [0.15, 0.2) is 0 Å². The average molecular weight is 297 g/mol. The maximum Gasteiger partial charge on any atom is 0.408 e. The minimum atomic E-state index is -1.09. The van der Waals surface area contributed by atoms with Gasteiger partial charge in [-0.1, -0.05) is 12.1 Å². The van der Waals surface area contributed by atoms with Gasteiger partial charge in [0.05, 0.1) is 0 Å². The summed E-state index contributed by atoms with van der Waals surface area (Å²) in [7, 11) is 0. The van der Waals surface area contributed by atoms with Gasteiger partial charge in [-0.3, -0.25) is 0 Å². The van der Waals surface area contributed by atoms with E-state index in [0.717, 1.165) is 4.88 Å². The zero-order chi connectivity index (χ0) is 15.2. The van der Waals surface area contributed by atoms with Gasteiger partial charge < -0.3 is 15.2 Å². The van der Waals surface area contributed by atoms with Gasteiger partial charge in [0, 0.05) is 4.88 Å². The van der Waals surface area contributed by atoms with Crippen molar-refractivity contribution >= 4 is 29.5 Å². The van der Waals surface area contributed by atoms with Crippen LogP contribution in [-0.2, 0) is 9.53 Å². The molecule has 0 aliphatic heterocycles. The van der Waals surface area contributed by atoms with Crippen LogP contribution in [-0.4, -0.2) is 28.8 Å². The molecule has 5 nitrogen and oxygen atoms in total. The average Bonchev–Trinajstić information content (AvgIpc) is 2.77. The van der Waals surface area contributed by atoms with E-state index >= 15 is 0 Å². The SMILES string of the molecule is CC(C)(C)OC(=O)N[C@@H](C/C=C/c1cccs1)C(=O)O. The third-order valence-corrected chi connectivity index (χ3v) is 3.02. The van der Waals surface area contributed by atoms with E-state index in [1.54, 1.807) is 38.2 Å². The Kier molecular flexibility index (Phi) is 5.76. The predicted molar refractivity (Wildman–Crippen MR) is 78.8 cm³/mol. The topological polar surface area (TPSA) is 75.6 Å². The molecule has 0 unspecified atom stereocenters. The van der Waals surface area contributed by atoms with Gasteiger partial charge in [-0.2, -0.15) is 0 Å². The zero-order valence-corrected chi connectivity index (χ0v) is 12.6. The van der Waals surface area contributed by atoms with Gasteiger partial charge in [0.25, 0.3) is 0 Å². The minimum Gasteiger partial charge on any atom is -0.480 e. The molecule has 0 aromatic carbocycles. The first-order chi connectivity index (χ1) is 9.28. The van der Waals surface area contributed by atoms with Gasteiger partial charge in [-0.05, 0) is 44.7 Å². The highest BCUT2D eigenvalue weighted by Crippen LogP contribution is 2.11. The number of rotatable bonds is 5. The van der Waals surface area contributed by atoms with Crippen molar-refractivity contribution in [2.75, 3.05) is 0 Å². The Hall–Kier alpha value is -1.82. The van der Waals surface area contributed by atoms with E-state index < -0.39 is 23.7 Å². The number of carboxylic acid groups (broad SMARTS) is 1. The molecule has 0 fully saturated rings. The molecule has 1 heterocycles. The lowest BCUT2D eigenvalue weighted by atomic mass is 10.2. The molecule has 0 saturated carbocycles. The van der Waals surface area contributed by atoms with Crippen molar-refractivity contribution in [2.45, 2.75) is 38.8 Å². The first-order valence-corrected chi connectivity index (χ1v) is 7.08. The molecule has 110 valence electrons. The van der Waals surface area contributed by atoms with Crippen molar-refractivity contribution in [2.24, 2.45) is 0 Å². The number of hydrogen-bond acceptors (Lipinski definition) is 4. The molecule has 0 aliphatic carbocycles. The fourth-order valence-corrected chi connectivity index (χ4v) is 2.02. The number of alkyl carbamates (subject to hydrolysis) is 1. The smallest absolute Gasteiger partial charge is 0.408 e. The van der Waals surface area contributed by atoms with Crippen molar-refractivity contribution in [3.8, 4) is 0 Å². The second kappa shape index (κ2) is 7.09. The number of ether oxygens (including phenoxy) is 1. The molecule has 1 rings (SSSR count). The van der Waals surface area contributed by atoms with Gasteiger partial charge in [0.2, 0.25) is 0 Å². The molecule has 1 amide bonds. The van der Waals surface area contributed by atoms with E-state index in [1.807, 2.05) is 23.6 Å². The molecule has 2 N–H and O–H groups in total. The summed E-state index contributed by atoms with van der Waals surface area (Å²) in [4.78, 5) is 23.7. The van der Waals surface area contributed by atoms with Crippen LogP contribution in [0, 0.1) is 0 Å². The van der Waals surface area contributed by atoms with Crippen molar-refractivity contribution < 1.29 is 19.4 Å². The van der Waals surface area contributed by atoms with E-state index in [1.165, 1.54) is 0 Å². The Balaban J connectivity index is 2.53. The molecule has 20 heavy (non-hydrogen) atoms. The van der Waals surface area contributed by atoms with Crippen molar-refractivity contribution in [3.63, 3.8) is 0 Å². The second-order valence-electron chi connectivity index (χ2n) is 5.19. The highest BCUT2D eigenvalue weighted by molar-refractivity contribution is 7.10. The molecule has 0 saturated heterocycles. The Labute approximate surface area is 122 Å². The van der Waals surface area contributed by atoms with E-state index in [-0.39, 0.29) is 6.42 Å². The summed E-state index contributed by atoms with van der Waals surface area (Å²) in [5.41, 5.74) is -0.653. The molecule has 1 aromatic heterocycles. The summed E-state index contributed by atoms with van der Waals surface area (Å²) >= 11 is 1.56. The molecule has 6 heteroatoms. The highest BCUT2D eigenvalue weighted by atomic mass is 32.1. The molecule has 1 atom stereocenters. The summed E-state index contributed by atoms with van der Waals surface area (Å²) < 4.78 is 5.04. The van der Waals surface area contributed by atoms with Crippen molar-refractivity contribution in [1.82, 2.24) is 5.32 Å². The Morgan fingerprint density at radius 3 is 2.70 bits per heavy atom. The molecule has 1 aromatic rings. The fraction of sp³-hybridized carbons (Fsp3) is 0.429. The lowest BCUT2D eigenvalue weighted by Crippen LogP contribution is -2.43. The number of carbonyl (C=O) groups excluding carboxylic acids is 1. The van der Waals surface area contributed by atoms with Gasteiger partial charge in [0.1, 0.15) is 11.6 Å². The van der Waals surface area contributed by atoms with Crippen molar-refractivity contribution in [3.05, 3.63) is 28.5 Å². The number of aliphatic carboxylic acids is 1. The number of hydrogen-bond donors (Lipinski definition) is 2. The lowest BCUT2D eigenvalue weighted by molar-refractivity contribution is -0.139. The maximum atomic E-state index is 11.5. The molecule has 0 aliphatic rings. The van der Waals surface area contributed by atoms with E-state index in [9.17, 15) is 9.59 Å². The van der Waals surface area contributed by atoms with Crippen LogP contribution in [0.2, 0.25) is 0 Å². The van der Waals surface area contributed by atoms with Crippen LogP contribution < -0.4 is 5.32 Å². The molecule has 0 spiro atoms. The monoisotopic (exact) mass is 297 g/mol. The summed E-state index contributed by atoms with van der Waals surface area (Å²) in [5, 5.41) is 13.4. The summed E-state index contributed by atoms with van der Waals surface area (Å²) in [5.74, 6) is -1.09. The normalized spacial score (nSPS) is 13.2. The summed E-state index contributed by atoms with van der Waals surface area (Å²) in [6, 6.07) is 2.84. The van der Waals surface area contributed by atoms with Crippen LogP contribution in [0.4, 0.5) is 4.79 Å². The Morgan fingerprint density at radius 2 is 2.20 bits per heavy atom. The first kappa shape index (κ1) is 16.2. The van der Waals surface area contributed by atoms with Gasteiger partial charge in [-0.15, -0.1) is 11.3 Å². The molecule has 0 bridgehead atoms. The van der Waals surface area contributed by atoms with Crippen LogP contribution in [0.25, 0.3) is 6.08 Å². The number of thiophene rings is 1. The van der Waals surface area contributed by atoms with E-state index in [0.29, 0.717) is 0 Å². The third kappa shape index (κ3) is 6.38. The molecule has 0 radical (unpaired) electrons. The zero-order valence-electron chi connectivity index (χ0n) is 11.8. The molecular formula is C14H19NO4S. The number of carbonyl (C=O) groups is 2. The first-order valence-electron chi connectivity index (χ1n) is 6.20. The third-order valence-electron chi connectivity index (χ3n) is 2.19. The van der Waals surface area contributed by atoms with Crippen molar-refractivity contribution in [1.29, 1.82) is 0 Å². The standard InChI is InChI=1S/C14H19NO4S/c1-14(2,3)19-13(18)15-11(12(16)17)8-4-6-10-7-5-9-20-10/h4-7,9,11H,8H2,1-3H3,(H,15,18)(H,16,17)/b6-4+/t11-/m0/s1. The fourth-order valence-electron chi connectivity index (χ4n) is 1.38. The maximum absolute atomic E-state index is 11.5. The second-order valence-corrected chi connectivity index (χ2v) is 6.17. The number of amides is 1. The van der Waals surface area contributed by atoms with Crippen LogP contribution in [0.1, 0.15) is 32.1 Å². The summed E-state index contributed by atoms with van der Waals surface area (Å²) in [6.45, 7) is 5.16. The predicted octanol–water partition coefficient (Wildman–Crippen LogP) is 3.13.